The van der Waals surface area contributed by atoms with Crippen LogP contribution in [-0.2, 0) is 0 Å². The van der Waals surface area contributed by atoms with Gasteiger partial charge in [0.2, 0.25) is 0 Å². The van der Waals surface area contributed by atoms with E-state index in [1.54, 1.807) is 0 Å². The number of benzene rings is 1. The molecule has 1 heterocycles. The van der Waals surface area contributed by atoms with Crippen LogP contribution >= 0.6 is 11.6 Å². The monoisotopic (exact) mass is 276 g/mol. The Morgan fingerprint density at radius 3 is 2.39 bits per heavy atom. The quantitative estimate of drug-likeness (QED) is 0.515. The van der Waals surface area contributed by atoms with Crippen molar-refractivity contribution in [1.82, 2.24) is 5.43 Å². The second-order valence-corrected chi connectivity index (χ2v) is 3.88. The minimum atomic E-state index is -1.56. The van der Waals surface area contributed by atoms with Gasteiger partial charge < -0.3 is 4.42 Å². The summed E-state index contributed by atoms with van der Waals surface area (Å²) < 4.78 is 44.6. The number of hydrogen-bond acceptors (Lipinski definition) is 3. The first-order valence-corrected chi connectivity index (χ1v) is 5.27. The Hall–Kier alpha value is -1.50. The molecule has 1 atom stereocenters. The van der Waals surface area contributed by atoms with Crippen molar-refractivity contribution in [2.75, 3.05) is 0 Å². The van der Waals surface area contributed by atoms with Gasteiger partial charge in [-0.2, -0.15) is 0 Å². The van der Waals surface area contributed by atoms with Crippen LogP contribution in [-0.4, -0.2) is 0 Å². The molecule has 0 radical (unpaired) electrons. The van der Waals surface area contributed by atoms with E-state index in [1.165, 1.54) is 12.1 Å². The summed E-state index contributed by atoms with van der Waals surface area (Å²) in [4.78, 5) is 0. The first-order valence-electron chi connectivity index (χ1n) is 4.89. The van der Waals surface area contributed by atoms with Crippen molar-refractivity contribution in [3.05, 3.63) is 58.3 Å². The van der Waals surface area contributed by atoms with E-state index in [1.807, 2.05) is 0 Å². The molecule has 0 amide bonds. The molecule has 3 nitrogen and oxygen atoms in total. The smallest absolute Gasteiger partial charge is 0.194 e. The topological polar surface area (TPSA) is 51.2 Å². The minimum Gasteiger partial charge on any atom is -0.448 e. The van der Waals surface area contributed by atoms with Gasteiger partial charge in [0, 0.05) is 5.56 Å². The molecule has 0 spiro atoms. The molecule has 0 bridgehead atoms. The molecule has 2 aromatic rings. The van der Waals surface area contributed by atoms with Crippen molar-refractivity contribution in [2.24, 2.45) is 5.84 Å². The molecular formula is C11H8ClF3N2O. The maximum atomic E-state index is 13.6. The Balaban J connectivity index is 2.49. The molecule has 0 aliphatic heterocycles. The second-order valence-electron chi connectivity index (χ2n) is 3.51. The standard InChI is InChI=1S/C11H8ClF3N2O/c12-8-4-3-7(18-8)11(17-16)5-1-2-6(13)10(15)9(5)14/h1-4,11,17H,16H2. The number of hydrazine groups is 1. The van der Waals surface area contributed by atoms with E-state index in [0.29, 0.717) is 0 Å². The fourth-order valence-electron chi connectivity index (χ4n) is 1.57. The van der Waals surface area contributed by atoms with Crippen molar-refractivity contribution in [3.63, 3.8) is 0 Å². The number of hydrogen-bond donors (Lipinski definition) is 2. The van der Waals surface area contributed by atoms with Gasteiger partial charge in [0.1, 0.15) is 11.8 Å². The predicted molar refractivity (Wildman–Crippen MR) is 59.2 cm³/mol. The lowest BCUT2D eigenvalue weighted by Gasteiger charge is -2.14. The molecule has 0 fully saturated rings. The zero-order chi connectivity index (χ0) is 13.3. The first kappa shape index (κ1) is 12.9. The summed E-state index contributed by atoms with van der Waals surface area (Å²) in [6.45, 7) is 0. The lowest BCUT2D eigenvalue weighted by molar-refractivity contribution is 0.412. The summed E-state index contributed by atoms with van der Waals surface area (Å²) in [6, 6.07) is 3.80. The Labute approximate surface area is 105 Å². The van der Waals surface area contributed by atoms with E-state index in [9.17, 15) is 13.2 Å². The van der Waals surface area contributed by atoms with E-state index in [4.69, 9.17) is 21.9 Å². The third-order valence-corrected chi connectivity index (χ3v) is 2.62. The van der Waals surface area contributed by atoms with Gasteiger partial charge in [0.05, 0.1) is 0 Å². The molecule has 1 aromatic heterocycles. The van der Waals surface area contributed by atoms with Crippen LogP contribution in [0.4, 0.5) is 13.2 Å². The summed E-state index contributed by atoms with van der Waals surface area (Å²) in [6.07, 6.45) is 0. The van der Waals surface area contributed by atoms with Gasteiger partial charge >= 0.3 is 0 Å². The normalized spacial score (nSPS) is 12.7. The van der Waals surface area contributed by atoms with Gasteiger partial charge in [-0.05, 0) is 29.8 Å². The first-order chi connectivity index (χ1) is 8.54. The number of furan rings is 1. The molecule has 3 N–H and O–H groups in total. The minimum absolute atomic E-state index is 0.0771. The lowest BCUT2D eigenvalue weighted by Crippen LogP contribution is -2.29. The average molecular weight is 277 g/mol. The van der Waals surface area contributed by atoms with Crippen LogP contribution in [0.15, 0.2) is 28.7 Å². The Morgan fingerprint density at radius 1 is 1.11 bits per heavy atom. The van der Waals surface area contributed by atoms with Crippen LogP contribution in [0.1, 0.15) is 17.4 Å². The second kappa shape index (κ2) is 5.01. The van der Waals surface area contributed by atoms with Crippen LogP contribution in [0.25, 0.3) is 0 Å². The van der Waals surface area contributed by atoms with Gasteiger partial charge in [-0.3, -0.25) is 5.84 Å². The van der Waals surface area contributed by atoms with Crippen LogP contribution < -0.4 is 11.3 Å². The zero-order valence-electron chi connectivity index (χ0n) is 8.88. The highest BCUT2D eigenvalue weighted by Crippen LogP contribution is 2.28. The Morgan fingerprint density at radius 2 is 1.83 bits per heavy atom. The zero-order valence-corrected chi connectivity index (χ0v) is 9.64. The van der Waals surface area contributed by atoms with Crippen molar-refractivity contribution >= 4 is 11.6 Å². The maximum absolute atomic E-state index is 13.6. The highest BCUT2D eigenvalue weighted by molar-refractivity contribution is 6.28. The third-order valence-electron chi connectivity index (χ3n) is 2.42. The molecule has 0 saturated heterocycles. The van der Waals surface area contributed by atoms with Crippen LogP contribution in [0.5, 0.6) is 0 Å². The van der Waals surface area contributed by atoms with Crippen LogP contribution in [0, 0.1) is 17.5 Å². The van der Waals surface area contributed by atoms with Crippen molar-refractivity contribution in [2.45, 2.75) is 6.04 Å². The molecule has 96 valence electrons. The van der Waals surface area contributed by atoms with E-state index in [2.05, 4.69) is 5.43 Å². The fraction of sp³-hybridized carbons (Fsp3) is 0.0909. The highest BCUT2D eigenvalue weighted by Gasteiger charge is 2.23. The van der Waals surface area contributed by atoms with Crippen LogP contribution in [0.2, 0.25) is 5.22 Å². The van der Waals surface area contributed by atoms with E-state index in [-0.39, 0.29) is 16.5 Å². The molecule has 1 unspecified atom stereocenters. The summed E-state index contributed by atoms with van der Waals surface area (Å²) >= 11 is 5.58. The number of halogens is 4. The molecule has 1 aromatic carbocycles. The highest BCUT2D eigenvalue weighted by atomic mass is 35.5. The third kappa shape index (κ3) is 2.22. The van der Waals surface area contributed by atoms with Gasteiger partial charge in [0.25, 0.3) is 0 Å². The molecule has 7 heteroatoms. The van der Waals surface area contributed by atoms with Crippen molar-refractivity contribution < 1.29 is 17.6 Å². The van der Waals surface area contributed by atoms with Crippen LogP contribution in [0.3, 0.4) is 0 Å². The number of nitrogens with two attached hydrogens (primary N) is 1. The Bertz CT molecular complexity index is 573. The molecule has 0 aliphatic carbocycles. The van der Waals surface area contributed by atoms with E-state index < -0.39 is 23.5 Å². The summed E-state index contributed by atoms with van der Waals surface area (Å²) in [5, 5.41) is 0.0771. The fourth-order valence-corrected chi connectivity index (χ4v) is 1.72. The Kier molecular flexibility index (Phi) is 3.60. The van der Waals surface area contributed by atoms with E-state index >= 15 is 0 Å². The molecule has 0 saturated carbocycles. The van der Waals surface area contributed by atoms with E-state index in [0.717, 1.165) is 12.1 Å². The van der Waals surface area contributed by atoms with Gasteiger partial charge in [0.15, 0.2) is 22.7 Å². The summed E-state index contributed by atoms with van der Waals surface area (Å²) in [7, 11) is 0. The van der Waals surface area contributed by atoms with Gasteiger partial charge in [-0.25, -0.2) is 18.6 Å². The van der Waals surface area contributed by atoms with Gasteiger partial charge in [-0.1, -0.05) is 6.07 Å². The predicted octanol–water partition coefficient (Wildman–Crippen LogP) is 2.90. The maximum Gasteiger partial charge on any atom is 0.194 e. The molecule has 2 rings (SSSR count). The SMILES string of the molecule is NNC(c1ccc(Cl)o1)c1ccc(F)c(F)c1F. The summed E-state index contributed by atoms with van der Waals surface area (Å²) in [5.41, 5.74) is 2.08. The molecular weight excluding hydrogens is 269 g/mol. The van der Waals surface area contributed by atoms with Gasteiger partial charge in [-0.15, -0.1) is 0 Å². The molecule has 18 heavy (non-hydrogen) atoms. The van der Waals surface area contributed by atoms with Crippen molar-refractivity contribution in [3.8, 4) is 0 Å². The average Bonchev–Trinajstić information content (AvgIpc) is 2.77. The largest absolute Gasteiger partial charge is 0.448 e. The lowest BCUT2D eigenvalue weighted by atomic mass is 10.0. The van der Waals surface area contributed by atoms with Crippen molar-refractivity contribution in [1.29, 1.82) is 0 Å². The number of rotatable bonds is 3. The number of nitrogens with one attached hydrogen (secondary N) is 1. The summed E-state index contributed by atoms with van der Waals surface area (Å²) in [5.74, 6) is 1.29. The molecule has 0 aliphatic rings.